The lowest BCUT2D eigenvalue weighted by atomic mass is 10.0. The molecule has 1 atom stereocenters. The number of hydrogen-bond acceptors (Lipinski definition) is 4. The Hall–Kier alpha value is -2.86. The van der Waals surface area contributed by atoms with Crippen LogP contribution in [0.5, 0.6) is 0 Å². The number of aryl methyl sites for hydroxylation is 1. The van der Waals surface area contributed by atoms with Crippen LogP contribution in [0.3, 0.4) is 0 Å². The van der Waals surface area contributed by atoms with Gasteiger partial charge in [-0.1, -0.05) is 82.7 Å². The van der Waals surface area contributed by atoms with Crippen LogP contribution in [-0.4, -0.2) is 53.3 Å². The molecule has 0 N–H and O–H groups in total. The Bertz CT molecular complexity index is 1350. The van der Waals surface area contributed by atoms with Crippen LogP contribution in [0.1, 0.15) is 29.7 Å². The maximum atomic E-state index is 5.09. The van der Waals surface area contributed by atoms with Crippen LogP contribution >= 0.6 is 15.9 Å². The van der Waals surface area contributed by atoms with Crippen molar-refractivity contribution < 1.29 is 0 Å². The standard InChI is InChI=1S/C32H35BrN4/c1-36(2)32(21-8-11-25-9-4-3-5-10-25)31(35-32)24-37(22-20-26-14-17-28(33)18-15-26)23-29-19-16-27-12-6-7-13-30(27)34-29/h3-7,9-10,12-19H,8,11,20-24H2,1-2H3. The zero-order chi connectivity index (χ0) is 25.7. The highest BCUT2D eigenvalue weighted by Crippen LogP contribution is 2.36. The van der Waals surface area contributed by atoms with E-state index >= 15 is 0 Å². The quantitative estimate of drug-likeness (QED) is 0.193. The molecule has 0 spiro atoms. The Labute approximate surface area is 229 Å². The van der Waals surface area contributed by atoms with Gasteiger partial charge < -0.3 is 0 Å². The summed E-state index contributed by atoms with van der Waals surface area (Å²) in [5.41, 5.74) is 6.07. The molecule has 4 nitrogen and oxygen atoms in total. The first-order chi connectivity index (χ1) is 18.0. The molecule has 0 aliphatic carbocycles. The smallest absolute Gasteiger partial charge is 0.152 e. The summed E-state index contributed by atoms with van der Waals surface area (Å²) in [4.78, 5) is 14.9. The van der Waals surface area contributed by atoms with Crippen molar-refractivity contribution in [1.29, 1.82) is 0 Å². The van der Waals surface area contributed by atoms with Crippen LogP contribution in [0.25, 0.3) is 10.9 Å². The lowest BCUT2D eigenvalue weighted by Crippen LogP contribution is -2.41. The van der Waals surface area contributed by atoms with Crippen LogP contribution in [-0.2, 0) is 19.4 Å². The summed E-state index contributed by atoms with van der Waals surface area (Å²) >= 11 is 3.55. The van der Waals surface area contributed by atoms with Crippen molar-refractivity contribution in [3.05, 3.63) is 112 Å². The fourth-order valence-corrected chi connectivity index (χ4v) is 5.38. The molecule has 2 heterocycles. The van der Waals surface area contributed by atoms with Gasteiger partial charge in [0.2, 0.25) is 0 Å². The van der Waals surface area contributed by atoms with Gasteiger partial charge in [0.05, 0.1) is 16.9 Å². The minimum Gasteiger partial charge on any atom is -0.292 e. The van der Waals surface area contributed by atoms with Crippen LogP contribution in [0.4, 0.5) is 0 Å². The monoisotopic (exact) mass is 554 g/mol. The number of aliphatic imine (C=N–C) groups is 1. The van der Waals surface area contributed by atoms with Gasteiger partial charge in [0, 0.05) is 29.5 Å². The SMILES string of the molecule is CN(C)C1(CCCc2ccccc2)N=C1CN(CCc1ccc(Br)cc1)Cc1ccc2ccccc2n1. The number of pyridine rings is 1. The summed E-state index contributed by atoms with van der Waals surface area (Å²) < 4.78 is 1.12. The van der Waals surface area contributed by atoms with Gasteiger partial charge in [-0.15, -0.1) is 0 Å². The molecule has 1 aromatic heterocycles. The maximum absolute atomic E-state index is 5.09. The average molecular weight is 556 g/mol. The highest BCUT2D eigenvalue weighted by atomic mass is 79.9. The number of halogens is 1. The molecule has 0 amide bonds. The highest BCUT2D eigenvalue weighted by molar-refractivity contribution is 9.10. The average Bonchev–Trinajstić information content (AvgIpc) is 3.62. The number of para-hydroxylation sites is 1. The zero-order valence-corrected chi connectivity index (χ0v) is 23.4. The fraction of sp³-hybridized carbons (Fsp3) is 0.312. The minimum absolute atomic E-state index is 0.137. The third-order valence-corrected chi connectivity index (χ3v) is 7.88. The first-order valence-corrected chi connectivity index (χ1v) is 13.9. The van der Waals surface area contributed by atoms with Crippen molar-refractivity contribution in [3.63, 3.8) is 0 Å². The fourth-order valence-electron chi connectivity index (χ4n) is 5.11. The normalized spacial score (nSPS) is 16.9. The Balaban J connectivity index is 1.27. The molecule has 4 aromatic rings. The molecule has 0 saturated heterocycles. The van der Waals surface area contributed by atoms with E-state index < -0.39 is 0 Å². The molecule has 1 unspecified atom stereocenters. The van der Waals surface area contributed by atoms with Gasteiger partial charge in [-0.2, -0.15) is 0 Å². The lowest BCUT2D eigenvalue weighted by molar-refractivity contribution is 0.253. The molecule has 5 heteroatoms. The van der Waals surface area contributed by atoms with Crippen LogP contribution in [0, 0.1) is 0 Å². The summed E-state index contributed by atoms with van der Waals surface area (Å²) in [6.45, 7) is 2.64. The molecule has 3 aromatic carbocycles. The Kier molecular flexibility index (Phi) is 8.14. The zero-order valence-electron chi connectivity index (χ0n) is 21.8. The van der Waals surface area contributed by atoms with E-state index in [9.17, 15) is 0 Å². The van der Waals surface area contributed by atoms with E-state index in [1.807, 2.05) is 0 Å². The van der Waals surface area contributed by atoms with Crippen molar-refractivity contribution >= 4 is 32.5 Å². The van der Waals surface area contributed by atoms with E-state index in [4.69, 9.17) is 9.98 Å². The molecule has 1 aliphatic heterocycles. The van der Waals surface area contributed by atoms with Crippen molar-refractivity contribution in [2.45, 2.75) is 37.9 Å². The van der Waals surface area contributed by atoms with Crippen LogP contribution in [0.15, 0.2) is 100 Å². The van der Waals surface area contributed by atoms with Gasteiger partial charge in [-0.25, -0.2) is 0 Å². The van der Waals surface area contributed by atoms with E-state index in [1.165, 1.54) is 22.2 Å². The molecule has 190 valence electrons. The van der Waals surface area contributed by atoms with E-state index in [-0.39, 0.29) is 5.66 Å². The topological polar surface area (TPSA) is 31.7 Å². The molecular weight excluding hydrogens is 520 g/mol. The van der Waals surface area contributed by atoms with E-state index in [0.717, 1.165) is 61.0 Å². The second-order valence-electron chi connectivity index (χ2n) is 10.2. The van der Waals surface area contributed by atoms with Gasteiger partial charge in [-0.3, -0.25) is 19.8 Å². The van der Waals surface area contributed by atoms with Gasteiger partial charge >= 0.3 is 0 Å². The first kappa shape index (κ1) is 25.8. The maximum Gasteiger partial charge on any atom is 0.152 e. The minimum atomic E-state index is -0.137. The molecule has 0 saturated carbocycles. The number of nitrogens with zero attached hydrogens (tertiary/aromatic N) is 4. The predicted molar refractivity (Wildman–Crippen MR) is 158 cm³/mol. The van der Waals surface area contributed by atoms with Crippen molar-refractivity contribution in [1.82, 2.24) is 14.8 Å². The number of aromatic nitrogens is 1. The van der Waals surface area contributed by atoms with Gasteiger partial charge in [0.25, 0.3) is 0 Å². The summed E-state index contributed by atoms with van der Waals surface area (Å²) in [5.74, 6) is 0. The van der Waals surface area contributed by atoms with Crippen molar-refractivity contribution in [2.75, 3.05) is 27.2 Å². The predicted octanol–water partition coefficient (Wildman–Crippen LogP) is 6.78. The van der Waals surface area contributed by atoms with Gasteiger partial charge in [0.15, 0.2) is 5.66 Å². The molecule has 0 bridgehead atoms. The number of rotatable bonds is 12. The molecule has 1 aliphatic rings. The third kappa shape index (κ3) is 6.53. The lowest BCUT2D eigenvalue weighted by Gasteiger charge is -2.26. The second kappa shape index (κ2) is 11.7. The molecule has 5 rings (SSSR count). The van der Waals surface area contributed by atoms with Crippen molar-refractivity contribution in [3.8, 4) is 0 Å². The first-order valence-electron chi connectivity index (χ1n) is 13.1. The van der Waals surface area contributed by atoms with Gasteiger partial charge in [0.1, 0.15) is 0 Å². The summed E-state index contributed by atoms with van der Waals surface area (Å²) in [7, 11) is 4.33. The molecule has 37 heavy (non-hydrogen) atoms. The Morgan fingerprint density at radius 3 is 2.27 bits per heavy atom. The molecule has 0 radical (unpaired) electrons. The largest absolute Gasteiger partial charge is 0.292 e. The van der Waals surface area contributed by atoms with E-state index in [2.05, 4.69) is 131 Å². The number of fused-ring (bicyclic) bond motifs is 1. The summed E-state index contributed by atoms with van der Waals surface area (Å²) in [6, 6.07) is 32.1. The Morgan fingerprint density at radius 2 is 1.49 bits per heavy atom. The number of hydrogen-bond donors (Lipinski definition) is 0. The van der Waals surface area contributed by atoms with Crippen LogP contribution < -0.4 is 0 Å². The van der Waals surface area contributed by atoms with Gasteiger partial charge in [-0.05, 0) is 75.2 Å². The molecule has 0 fully saturated rings. The van der Waals surface area contributed by atoms with Crippen LogP contribution in [0.2, 0.25) is 0 Å². The summed E-state index contributed by atoms with van der Waals surface area (Å²) in [5, 5.41) is 1.18. The third-order valence-electron chi connectivity index (χ3n) is 7.35. The van der Waals surface area contributed by atoms with E-state index in [1.54, 1.807) is 0 Å². The van der Waals surface area contributed by atoms with E-state index in [0.29, 0.717) is 0 Å². The second-order valence-corrected chi connectivity index (χ2v) is 11.1. The molecular formula is C32H35BrN4. The summed E-state index contributed by atoms with van der Waals surface area (Å²) in [6.07, 6.45) is 4.27. The Morgan fingerprint density at radius 1 is 0.757 bits per heavy atom. The highest BCUT2D eigenvalue weighted by Gasteiger charge is 2.48. The van der Waals surface area contributed by atoms with Crippen molar-refractivity contribution in [2.24, 2.45) is 4.99 Å². The number of benzene rings is 3.